The molecule has 0 spiro atoms. The number of rotatable bonds is 3. The van der Waals surface area contributed by atoms with Crippen LogP contribution in [0.15, 0.2) is 0 Å². The molecule has 1 fully saturated rings. The molecule has 0 aromatic carbocycles. The van der Waals surface area contributed by atoms with Crippen LogP contribution in [-0.2, 0) is 4.79 Å². The summed E-state index contributed by atoms with van der Waals surface area (Å²) in [6.07, 6.45) is 3.56. The quantitative estimate of drug-likeness (QED) is 0.604. The van der Waals surface area contributed by atoms with Gasteiger partial charge >= 0.3 is 0 Å². The van der Waals surface area contributed by atoms with Crippen LogP contribution in [-0.4, -0.2) is 12.2 Å². The van der Waals surface area contributed by atoms with Crippen LogP contribution in [0, 0.1) is 5.41 Å². The summed E-state index contributed by atoms with van der Waals surface area (Å²) in [7, 11) is 0. The highest BCUT2D eigenvalue weighted by Crippen LogP contribution is 2.43. The monoisotopic (exact) mass is 176 g/mol. The molecule has 1 aliphatic carbocycles. The van der Waals surface area contributed by atoms with Gasteiger partial charge in [-0.3, -0.25) is 0 Å². The molecule has 0 atom stereocenters. The van der Waals surface area contributed by atoms with Gasteiger partial charge in [-0.15, -0.1) is 0 Å². The van der Waals surface area contributed by atoms with Crippen molar-refractivity contribution in [2.45, 2.75) is 45.0 Å². The minimum absolute atomic E-state index is 0.274. The number of aldehydes is 1. The highest BCUT2D eigenvalue weighted by molar-refractivity contribution is 5.60. The Morgan fingerprint density at radius 1 is 1.42 bits per heavy atom. The van der Waals surface area contributed by atoms with Crippen molar-refractivity contribution >= 4 is 6.29 Å². The molecule has 0 radical (unpaired) electrons. The molecule has 0 amide bonds. The molecule has 0 aliphatic heterocycles. The van der Waals surface area contributed by atoms with Crippen molar-refractivity contribution in [1.82, 2.24) is 0 Å². The fourth-order valence-electron chi connectivity index (χ4n) is 2.03. The lowest BCUT2D eigenvalue weighted by Crippen LogP contribution is -2.27. The maximum Gasteiger partial charge on any atom is 0.246 e. The first kappa shape index (κ1) is 9.62. The molecule has 0 aromatic heterocycles. The first-order chi connectivity index (χ1) is 5.47. The summed E-state index contributed by atoms with van der Waals surface area (Å²) in [6.45, 7) is 0.885. The summed E-state index contributed by atoms with van der Waals surface area (Å²) in [4.78, 5) is 10.7. The van der Waals surface area contributed by atoms with Gasteiger partial charge in [0.1, 0.15) is 6.29 Å². The van der Waals surface area contributed by atoms with Gasteiger partial charge in [0.2, 0.25) is 5.92 Å². The molecule has 0 aromatic rings. The van der Waals surface area contributed by atoms with Crippen LogP contribution in [0.3, 0.4) is 0 Å². The number of alkyl halides is 2. The molecule has 0 unspecified atom stereocenters. The summed E-state index contributed by atoms with van der Waals surface area (Å²) in [5, 5.41) is 0. The number of hydrogen-bond donors (Lipinski definition) is 0. The summed E-state index contributed by atoms with van der Waals surface area (Å²) in [6, 6.07) is 0. The normalized spacial score (nSPS) is 22.6. The number of carbonyl (C=O) groups excluding carboxylic acids is 1. The van der Waals surface area contributed by atoms with Gasteiger partial charge < -0.3 is 4.79 Å². The van der Waals surface area contributed by atoms with Gasteiger partial charge in [0, 0.05) is 11.8 Å². The van der Waals surface area contributed by atoms with Crippen LogP contribution in [0.2, 0.25) is 0 Å². The van der Waals surface area contributed by atoms with Crippen molar-refractivity contribution in [3.05, 3.63) is 0 Å². The Hall–Kier alpha value is -0.470. The second kappa shape index (κ2) is 3.11. The van der Waals surface area contributed by atoms with Crippen LogP contribution < -0.4 is 0 Å². The topological polar surface area (TPSA) is 17.1 Å². The van der Waals surface area contributed by atoms with E-state index in [1.807, 2.05) is 0 Å². The van der Waals surface area contributed by atoms with Crippen LogP contribution in [0.5, 0.6) is 0 Å². The van der Waals surface area contributed by atoms with Crippen LogP contribution in [0.4, 0.5) is 8.78 Å². The Bertz CT molecular complexity index is 166. The van der Waals surface area contributed by atoms with E-state index in [1.54, 1.807) is 0 Å². The number of hydrogen-bond acceptors (Lipinski definition) is 1. The second-order valence-electron chi connectivity index (χ2n) is 3.93. The molecular weight excluding hydrogens is 162 g/mol. The fraction of sp³-hybridized carbons (Fsp3) is 0.889. The predicted octanol–water partition coefficient (Wildman–Crippen LogP) is 2.79. The molecule has 1 aliphatic rings. The molecule has 1 saturated carbocycles. The minimum atomic E-state index is -2.70. The maximum atomic E-state index is 12.6. The van der Waals surface area contributed by atoms with Gasteiger partial charge in [-0.05, 0) is 19.8 Å². The Morgan fingerprint density at radius 2 is 1.92 bits per heavy atom. The van der Waals surface area contributed by atoms with E-state index in [0.717, 1.165) is 26.1 Å². The highest BCUT2D eigenvalue weighted by Gasteiger charge is 2.40. The third-order valence-electron chi connectivity index (χ3n) is 2.51. The molecule has 0 saturated heterocycles. The van der Waals surface area contributed by atoms with Gasteiger partial charge in [-0.2, -0.15) is 0 Å². The van der Waals surface area contributed by atoms with Gasteiger partial charge in [0.15, 0.2) is 0 Å². The molecule has 12 heavy (non-hydrogen) atoms. The summed E-state index contributed by atoms with van der Waals surface area (Å²) in [5.41, 5.74) is -0.710. The summed E-state index contributed by atoms with van der Waals surface area (Å²) < 4.78 is 25.3. The van der Waals surface area contributed by atoms with Crippen molar-refractivity contribution < 1.29 is 13.6 Å². The zero-order valence-corrected chi connectivity index (χ0v) is 7.28. The first-order valence-corrected chi connectivity index (χ1v) is 4.32. The zero-order valence-electron chi connectivity index (χ0n) is 7.28. The highest BCUT2D eigenvalue weighted by atomic mass is 19.3. The summed E-state index contributed by atoms with van der Waals surface area (Å²) in [5.74, 6) is -2.70. The lowest BCUT2D eigenvalue weighted by atomic mass is 9.82. The Labute approximate surface area is 71.1 Å². The standard InChI is InChI=1S/C9H14F2O/c1-8(10,11)6-9(7-12)4-2-3-5-9/h7H,2-6H2,1H3. The van der Waals surface area contributed by atoms with Crippen LogP contribution >= 0.6 is 0 Å². The van der Waals surface area contributed by atoms with Crippen molar-refractivity contribution in [1.29, 1.82) is 0 Å². The molecule has 1 rings (SSSR count). The molecule has 0 bridgehead atoms. The fourth-order valence-corrected chi connectivity index (χ4v) is 2.03. The Morgan fingerprint density at radius 3 is 2.25 bits per heavy atom. The lowest BCUT2D eigenvalue weighted by molar-refractivity contribution is -0.121. The van der Waals surface area contributed by atoms with Crippen molar-refractivity contribution in [3.63, 3.8) is 0 Å². The number of carbonyl (C=O) groups is 1. The van der Waals surface area contributed by atoms with Gasteiger partial charge in [0.05, 0.1) is 0 Å². The third kappa shape index (κ3) is 2.26. The van der Waals surface area contributed by atoms with E-state index < -0.39 is 11.3 Å². The molecule has 1 nitrogen and oxygen atoms in total. The minimum Gasteiger partial charge on any atom is -0.303 e. The molecule has 0 heterocycles. The van der Waals surface area contributed by atoms with Gasteiger partial charge in [-0.25, -0.2) is 8.78 Å². The average molecular weight is 176 g/mol. The van der Waals surface area contributed by atoms with E-state index in [2.05, 4.69) is 0 Å². The van der Waals surface area contributed by atoms with E-state index in [9.17, 15) is 13.6 Å². The van der Waals surface area contributed by atoms with Crippen molar-refractivity contribution in [2.75, 3.05) is 0 Å². The van der Waals surface area contributed by atoms with E-state index in [1.165, 1.54) is 0 Å². The zero-order chi connectivity index (χ0) is 9.24. The largest absolute Gasteiger partial charge is 0.303 e. The lowest BCUT2D eigenvalue weighted by Gasteiger charge is -2.25. The average Bonchev–Trinajstić information content (AvgIpc) is 2.34. The molecule has 0 N–H and O–H groups in total. The van der Waals surface area contributed by atoms with Crippen molar-refractivity contribution in [2.24, 2.45) is 5.41 Å². The Balaban J connectivity index is 2.62. The van der Waals surface area contributed by atoms with Gasteiger partial charge in [0.25, 0.3) is 0 Å². The van der Waals surface area contributed by atoms with Gasteiger partial charge in [-0.1, -0.05) is 12.8 Å². The smallest absolute Gasteiger partial charge is 0.246 e. The maximum absolute atomic E-state index is 12.6. The van der Waals surface area contributed by atoms with E-state index in [-0.39, 0.29) is 6.42 Å². The van der Waals surface area contributed by atoms with Crippen LogP contribution in [0.1, 0.15) is 39.0 Å². The predicted molar refractivity (Wildman–Crippen MR) is 42.2 cm³/mol. The van der Waals surface area contributed by atoms with E-state index in [0.29, 0.717) is 12.8 Å². The van der Waals surface area contributed by atoms with Crippen LogP contribution in [0.25, 0.3) is 0 Å². The van der Waals surface area contributed by atoms with E-state index >= 15 is 0 Å². The third-order valence-corrected chi connectivity index (χ3v) is 2.51. The summed E-state index contributed by atoms with van der Waals surface area (Å²) >= 11 is 0. The second-order valence-corrected chi connectivity index (χ2v) is 3.93. The number of halogens is 2. The Kier molecular flexibility index (Phi) is 2.49. The molecular formula is C9H14F2O. The van der Waals surface area contributed by atoms with E-state index in [4.69, 9.17) is 0 Å². The molecule has 3 heteroatoms. The first-order valence-electron chi connectivity index (χ1n) is 4.32. The van der Waals surface area contributed by atoms with Crippen molar-refractivity contribution in [3.8, 4) is 0 Å². The molecule has 70 valence electrons. The SMILES string of the molecule is CC(F)(F)CC1(C=O)CCCC1.